The van der Waals surface area contributed by atoms with Gasteiger partial charge in [0.25, 0.3) is 0 Å². The third-order valence-electron chi connectivity index (χ3n) is 4.02. The summed E-state index contributed by atoms with van der Waals surface area (Å²) in [5.41, 5.74) is 0.554. The third-order valence-corrected chi connectivity index (χ3v) is 4.02. The zero-order valence-corrected chi connectivity index (χ0v) is 14.1. The van der Waals surface area contributed by atoms with E-state index in [2.05, 4.69) is 6.58 Å². The number of ether oxygens (including phenoxy) is 1. The normalized spacial score (nSPS) is 25.1. The van der Waals surface area contributed by atoms with Crippen LogP contribution in [0, 0.1) is 5.92 Å². The maximum atomic E-state index is 12.6. The first kappa shape index (κ1) is 17.4. The van der Waals surface area contributed by atoms with E-state index in [0.717, 1.165) is 11.8 Å². The number of esters is 1. The van der Waals surface area contributed by atoms with E-state index in [-0.39, 0.29) is 17.9 Å². The molecule has 1 fully saturated rings. The second-order valence-corrected chi connectivity index (χ2v) is 6.97. The quantitative estimate of drug-likeness (QED) is 0.476. The topological polar surface area (TPSA) is 46.6 Å². The average molecular weight is 315 g/mol. The summed E-state index contributed by atoms with van der Waals surface area (Å²) in [4.78, 5) is 26.0. The van der Waals surface area contributed by atoms with E-state index >= 15 is 0 Å². The Balaban J connectivity index is 2.25. The molecule has 1 saturated heterocycles. The molecule has 23 heavy (non-hydrogen) atoms. The number of aldehydes is 1. The van der Waals surface area contributed by atoms with Crippen LogP contribution in [0.2, 0.25) is 0 Å². The number of carbonyl (C=O) groups excluding carboxylic acids is 2. The number of nitrogens with zero attached hydrogens (tertiary/aromatic N) is 1. The molecule has 0 aliphatic carbocycles. The summed E-state index contributed by atoms with van der Waals surface area (Å²) < 4.78 is 5.54. The minimum atomic E-state index is -0.543. The van der Waals surface area contributed by atoms with Crippen LogP contribution in [-0.2, 0) is 20.9 Å². The fourth-order valence-electron chi connectivity index (χ4n) is 3.04. The van der Waals surface area contributed by atoms with Crippen LogP contribution >= 0.6 is 0 Å². The molecule has 0 saturated carbocycles. The van der Waals surface area contributed by atoms with E-state index in [1.54, 1.807) is 6.08 Å². The predicted octanol–water partition coefficient (Wildman–Crippen LogP) is 2.97. The lowest BCUT2D eigenvalue weighted by molar-refractivity contribution is -0.160. The molecule has 0 N–H and O–H groups in total. The molecule has 4 heteroatoms. The van der Waals surface area contributed by atoms with Gasteiger partial charge in [0.05, 0.1) is 0 Å². The summed E-state index contributed by atoms with van der Waals surface area (Å²) >= 11 is 0. The molecule has 1 aliphatic heterocycles. The lowest BCUT2D eigenvalue weighted by Crippen LogP contribution is -2.43. The van der Waals surface area contributed by atoms with E-state index in [1.807, 2.05) is 56.0 Å². The Hall–Kier alpha value is -1.94. The van der Waals surface area contributed by atoms with Crippen molar-refractivity contribution in [2.75, 3.05) is 0 Å². The molecule has 1 heterocycles. The second kappa shape index (κ2) is 7.09. The smallest absolute Gasteiger partial charge is 0.323 e. The van der Waals surface area contributed by atoms with Crippen LogP contribution < -0.4 is 0 Å². The molecular weight excluding hydrogens is 290 g/mol. The molecule has 4 nitrogen and oxygen atoms in total. The predicted molar refractivity (Wildman–Crippen MR) is 89.8 cm³/mol. The molecule has 1 unspecified atom stereocenters. The van der Waals surface area contributed by atoms with Crippen molar-refractivity contribution in [2.45, 2.75) is 51.4 Å². The summed E-state index contributed by atoms with van der Waals surface area (Å²) in [6.07, 6.45) is 3.16. The lowest BCUT2D eigenvalue weighted by atomic mass is 10.0. The highest BCUT2D eigenvalue weighted by atomic mass is 16.6. The van der Waals surface area contributed by atoms with Crippen molar-refractivity contribution >= 4 is 12.3 Å². The Kier molecular flexibility index (Phi) is 5.37. The van der Waals surface area contributed by atoms with Gasteiger partial charge in [0.2, 0.25) is 0 Å². The van der Waals surface area contributed by atoms with E-state index < -0.39 is 11.6 Å². The van der Waals surface area contributed by atoms with Crippen molar-refractivity contribution < 1.29 is 14.3 Å². The highest BCUT2D eigenvalue weighted by Gasteiger charge is 2.44. The summed E-state index contributed by atoms with van der Waals surface area (Å²) in [5.74, 6) is -0.502. The molecule has 0 bridgehead atoms. The van der Waals surface area contributed by atoms with Crippen molar-refractivity contribution in [1.29, 1.82) is 0 Å². The number of benzene rings is 1. The lowest BCUT2D eigenvalue weighted by Gasteiger charge is -2.30. The number of likely N-dealkylation sites (tertiary alicyclic amines) is 1. The van der Waals surface area contributed by atoms with Gasteiger partial charge in [-0.3, -0.25) is 9.69 Å². The monoisotopic (exact) mass is 315 g/mol. The Morgan fingerprint density at radius 2 is 2.00 bits per heavy atom. The highest BCUT2D eigenvalue weighted by molar-refractivity contribution is 5.78. The highest BCUT2D eigenvalue weighted by Crippen LogP contribution is 2.32. The third kappa shape index (κ3) is 4.29. The van der Waals surface area contributed by atoms with E-state index in [1.165, 1.54) is 0 Å². The van der Waals surface area contributed by atoms with Crippen LogP contribution in [0.5, 0.6) is 0 Å². The van der Waals surface area contributed by atoms with Gasteiger partial charge in [-0.25, -0.2) is 0 Å². The van der Waals surface area contributed by atoms with Gasteiger partial charge < -0.3 is 9.53 Å². The summed E-state index contributed by atoms with van der Waals surface area (Å²) in [6.45, 7) is 9.99. The Morgan fingerprint density at radius 3 is 2.52 bits per heavy atom. The van der Waals surface area contributed by atoms with Crippen LogP contribution in [0.4, 0.5) is 0 Å². The van der Waals surface area contributed by atoms with Crippen LogP contribution in [0.3, 0.4) is 0 Å². The van der Waals surface area contributed by atoms with Gasteiger partial charge >= 0.3 is 5.97 Å². The molecule has 0 spiro atoms. The Morgan fingerprint density at radius 1 is 1.35 bits per heavy atom. The largest absolute Gasteiger partial charge is 0.459 e. The van der Waals surface area contributed by atoms with E-state index in [0.29, 0.717) is 13.0 Å². The van der Waals surface area contributed by atoms with Crippen molar-refractivity contribution in [2.24, 2.45) is 5.92 Å². The molecule has 3 atom stereocenters. The fraction of sp³-hybridized carbons (Fsp3) is 0.474. The van der Waals surface area contributed by atoms with Gasteiger partial charge in [0.15, 0.2) is 0 Å². The zero-order chi connectivity index (χ0) is 17.0. The summed E-state index contributed by atoms with van der Waals surface area (Å²) in [6, 6.07) is 9.35. The zero-order valence-electron chi connectivity index (χ0n) is 14.1. The van der Waals surface area contributed by atoms with Gasteiger partial charge in [-0.05, 0) is 32.8 Å². The van der Waals surface area contributed by atoms with Crippen LogP contribution in [-0.4, -0.2) is 34.8 Å². The first-order valence-corrected chi connectivity index (χ1v) is 7.96. The molecule has 0 aromatic heterocycles. The van der Waals surface area contributed by atoms with Crippen molar-refractivity contribution in [3.63, 3.8) is 0 Å². The number of hydrogen-bond donors (Lipinski definition) is 0. The van der Waals surface area contributed by atoms with Crippen LogP contribution in [0.15, 0.2) is 43.0 Å². The first-order valence-electron chi connectivity index (χ1n) is 7.96. The number of carbonyl (C=O) groups is 2. The SMILES string of the molecule is C=C[C@H]1C(C=O)C[C@H](C(=O)OC(C)(C)C)N1Cc1ccccc1. The Labute approximate surface area is 138 Å². The molecule has 1 aromatic carbocycles. The average Bonchev–Trinajstić information content (AvgIpc) is 2.84. The van der Waals surface area contributed by atoms with Gasteiger partial charge in [0, 0.05) is 18.5 Å². The van der Waals surface area contributed by atoms with Gasteiger partial charge in [0.1, 0.15) is 17.9 Å². The van der Waals surface area contributed by atoms with Gasteiger partial charge in [-0.1, -0.05) is 36.4 Å². The molecule has 124 valence electrons. The molecule has 1 aliphatic rings. The maximum Gasteiger partial charge on any atom is 0.323 e. The van der Waals surface area contributed by atoms with Crippen molar-refractivity contribution in [1.82, 2.24) is 4.90 Å². The van der Waals surface area contributed by atoms with Gasteiger partial charge in [-0.2, -0.15) is 0 Å². The molecule has 2 rings (SSSR count). The summed E-state index contributed by atoms with van der Waals surface area (Å²) in [7, 11) is 0. The van der Waals surface area contributed by atoms with Crippen molar-refractivity contribution in [3.05, 3.63) is 48.6 Å². The van der Waals surface area contributed by atoms with Crippen LogP contribution in [0.25, 0.3) is 0 Å². The minimum absolute atomic E-state index is 0.148. The fourth-order valence-corrected chi connectivity index (χ4v) is 3.04. The van der Waals surface area contributed by atoms with E-state index in [9.17, 15) is 9.59 Å². The van der Waals surface area contributed by atoms with Crippen LogP contribution in [0.1, 0.15) is 32.8 Å². The number of rotatable bonds is 5. The molecular formula is C19H25NO3. The Bertz CT molecular complexity index is 562. The number of hydrogen-bond acceptors (Lipinski definition) is 4. The second-order valence-electron chi connectivity index (χ2n) is 6.97. The van der Waals surface area contributed by atoms with Gasteiger partial charge in [-0.15, -0.1) is 6.58 Å². The first-order chi connectivity index (χ1) is 10.9. The minimum Gasteiger partial charge on any atom is -0.459 e. The molecule has 0 radical (unpaired) electrons. The standard InChI is InChI=1S/C19H25NO3/c1-5-16-15(13-21)11-17(18(22)23-19(2,3)4)20(16)12-14-9-7-6-8-10-14/h5-10,13,15-17H,1,11-12H2,2-4H3/t15?,16-,17+/m0/s1. The molecule has 0 amide bonds. The maximum absolute atomic E-state index is 12.6. The van der Waals surface area contributed by atoms with Crippen molar-refractivity contribution in [3.8, 4) is 0 Å². The van der Waals surface area contributed by atoms with E-state index in [4.69, 9.17) is 4.74 Å². The molecule has 1 aromatic rings. The summed E-state index contributed by atoms with van der Waals surface area (Å²) in [5, 5.41) is 0.